The molecule has 5 N–H and O–H groups in total. The molecule has 0 saturated carbocycles. The van der Waals surface area contributed by atoms with Crippen LogP contribution in [0.4, 0.5) is 5.69 Å². The molecule has 3 rings (SSSR count). The van der Waals surface area contributed by atoms with Crippen LogP contribution in [0, 0.1) is 0 Å². The van der Waals surface area contributed by atoms with E-state index in [1.807, 2.05) is 63.2 Å². The Kier molecular flexibility index (Phi) is 7.50. The molecule has 2 amide bonds. The molecule has 1 atom stereocenters. The molecule has 186 valence electrons. The standard InChI is InChI=1S/C26H32N4O5/c1-26(2,3)30(25(34)20(27)9-11-23(31)32)18-7-5-6-16(12-18)15-35-19-8-10-21-17(13-19)14-22(24(28)33)29(21)4/h5-8,10,12-14,20H,9,11,15,27H2,1-4H3,(H2,28,33)(H,31,32)/t20-/m0/s1. The Morgan fingerprint density at radius 3 is 2.46 bits per heavy atom. The number of aromatic nitrogens is 1. The summed E-state index contributed by atoms with van der Waals surface area (Å²) in [5.41, 5.74) is 13.7. The molecular formula is C26H32N4O5. The molecule has 0 aliphatic heterocycles. The molecule has 35 heavy (non-hydrogen) atoms. The molecule has 0 radical (unpaired) electrons. The second-order valence-corrected chi connectivity index (χ2v) is 9.52. The zero-order valence-electron chi connectivity index (χ0n) is 20.4. The van der Waals surface area contributed by atoms with Crippen molar-refractivity contribution in [1.82, 2.24) is 4.57 Å². The van der Waals surface area contributed by atoms with Gasteiger partial charge in [0.2, 0.25) is 5.91 Å². The maximum atomic E-state index is 13.1. The largest absolute Gasteiger partial charge is 0.489 e. The van der Waals surface area contributed by atoms with Crippen molar-refractivity contribution in [3.63, 3.8) is 0 Å². The molecule has 0 fully saturated rings. The second kappa shape index (κ2) is 10.2. The molecule has 0 unspecified atom stereocenters. The van der Waals surface area contributed by atoms with Crippen LogP contribution in [0.25, 0.3) is 10.9 Å². The molecule has 3 aromatic rings. The van der Waals surface area contributed by atoms with E-state index in [0.29, 0.717) is 17.1 Å². The summed E-state index contributed by atoms with van der Waals surface area (Å²) in [6.45, 7) is 5.94. The number of amides is 2. The normalized spacial score (nSPS) is 12.4. The number of nitrogens with zero attached hydrogens (tertiary/aromatic N) is 2. The highest BCUT2D eigenvalue weighted by molar-refractivity contribution is 5.99. The van der Waals surface area contributed by atoms with Crippen LogP contribution < -0.4 is 21.1 Å². The lowest BCUT2D eigenvalue weighted by Gasteiger charge is -2.37. The van der Waals surface area contributed by atoms with Crippen molar-refractivity contribution < 1.29 is 24.2 Å². The second-order valence-electron chi connectivity index (χ2n) is 9.52. The Bertz CT molecular complexity index is 1260. The number of primary amides is 1. The number of nitrogens with two attached hydrogens (primary N) is 2. The number of hydrogen-bond acceptors (Lipinski definition) is 5. The Morgan fingerprint density at radius 1 is 1.11 bits per heavy atom. The number of carboxylic acids is 1. The zero-order valence-corrected chi connectivity index (χ0v) is 20.4. The maximum Gasteiger partial charge on any atom is 0.303 e. The number of aryl methyl sites for hydroxylation is 1. The van der Waals surface area contributed by atoms with E-state index in [1.54, 1.807) is 22.6 Å². The Hall–Kier alpha value is -3.85. The predicted octanol–water partition coefficient (Wildman–Crippen LogP) is 3.18. The van der Waals surface area contributed by atoms with Crippen molar-refractivity contribution in [2.45, 2.75) is 51.8 Å². The van der Waals surface area contributed by atoms with Gasteiger partial charge in [0.1, 0.15) is 18.1 Å². The zero-order chi connectivity index (χ0) is 25.9. The van der Waals surface area contributed by atoms with Gasteiger partial charge in [0, 0.05) is 35.6 Å². The van der Waals surface area contributed by atoms with Crippen molar-refractivity contribution in [2.24, 2.45) is 18.5 Å². The van der Waals surface area contributed by atoms with Crippen LogP contribution in [0.15, 0.2) is 48.5 Å². The fraction of sp³-hybridized carbons (Fsp3) is 0.346. The average Bonchev–Trinajstić information content (AvgIpc) is 3.11. The molecule has 9 nitrogen and oxygen atoms in total. The summed E-state index contributed by atoms with van der Waals surface area (Å²) < 4.78 is 7.72. The van der Waals surface area contributed by atoms with E-state index >= 15 is 0 Å². The SMILES string of the molecule is Cn1c(C(N)=O)cc2cc(OCc3cccc(N(C(=O)[C@@H](N)CCC(=O)O)C(C)(C)C)c3)ccc21. The van der Waals surface area contributed by atoms with Crippen molar-refractivity contribution in [3.8, 4) is 5.75 Å². The molecule has 1 heterocycles. The number of aliphatic carboxylic acids is 1. The van der Waals surface area contributed by atoms with Crippen molar-refractivity contribution in [2.75, 3.05) is 4.90 Å². The van der Waals surface area contributed by atoms with Crippen LogP contribution in [0.3, 0.4) is 0 Å². The summed E-state index contributed by atoms with van der Waals surface area (Å²) in [7, 11) is 1.78. The van der Waals surface area contributed by atoms with Gasteiger partial charge < -0.3 is 30.8 Å². The monoisotopic (exact) mass is 480 g/mol. The quantitative estimate of drug-likeness (QED) is 0.430. The summed E-state index contributed by atoms with van der Waals surface area (Å²) in [6.07, 6.45) is -0.117. The highest BCUT2D eigenvalue weighted by atomic mass is 16.5. The molecule has 0 aliphatic carbocycles. The third kappa shape index (κ3) is 5.99. The number of fused-ring (bicyclic) bond motifs is 1. The Morgan fingerprint density at radius 2 is 1.83 bits per heavy atom. The topological polar surface area (TPSA) is 141 Å². The Balaban J connectivity index is 1.80. The summed E-state index contributed by atoms with van der Waals surface area (Å²) in [5, 5.41) is 9.77. The van der Waals surface area contributed by atoms with Crippen LogP contribution in [0.1, 0.15) is 49.7 Å². The molecule has 1 aromatic heterocycles. The maximum absolute atomic E-state index is 13.1. The first-order chi connectivity index (χ1) is 16.4. The molecule has 0 bridgehead atoms. The first-order valence-electron chi connectivity index (χ1n) is 11.3. The fourth-order valence-electron chi connectivity index (χ4n) is 4.02. The lowest BCUT2D eigenvalue weighted by molar-refractivity contribution is -0.137. The molecule has 0 aliphatic rings. The molecule has 0 saturated heterocycles. The molecule has 9 heteroatoms. The molecule has 0 spiro atoms. The van der Waals surface area contributed by atoms with Gasteiger partial charge in [0.25, 0.3) is 5.91 Å². The smallest absolute Gasteiger partial charge is 0.303 e. The lowest BCUT2D eigenvalue weighted by Crippen LogP contribution is -2.52. The van der Waals surface area contributed by atoms with Gasteiger partial charge in [-0.1, -0.05) is 12.1 Å². The number of carbonyl (C=O) groups excluding carboxylic acids is 2. The summed E-state index contributed by atoms with van der Waals surface area (Å²) in [6, 6.07) is 13.7. The van der Waals surface area contributed by atoms with Gasteiger partial charge in [-0.25, -0.2) is 0 Å². The third-order valence-corrected chi connectivity index (χ3v) is 5.72. The number of rotatable bonds is 9. The van der Waals surface area contributed by atoms with Gasteiger partial charge in [0.05, 0.1) is 6.04 Å². The third-order valence-electron chi connectivity index (χ3n) is 5.72. The highest BCUT2D eigenvalue weighted by Gasteiger charge is 2.31. The predicted molar refractivity (Wildman–Crippen MR) is 134 cm³/mol. The van der Waals surface area contributed by atoms with Crippen molar-refractivity contribution >= 4 is 34.4 Å². The molecule has 2 aromatic carbocycles. The first-order valence-corrected chi connectivity index (χ1v) is 11.3. The van der Waals surface area contributed by atoms with Gasteiger partial charge >= 0.3 is 5.97 Å². The van der Waals surface area contributed by atoms with Crippen molar-refractivity contribution in [1.29, 1.82) is 0 Å². The number of hydrogen-bond donors (Lipinski definition) is 3. The van der Waals surface area contributed by atoms with Crippen LogP contribution in [-0.4, -0.2) is 39.0 Å². The van der Waals surface area contributed by atoms with Crippen LogP contribution in [-0.2, 0) is 23.2 Å². The fourth-order valence-corrected chi connectivity index (χ4v) is 4.02. The minimum Gasteiger partial charge on any atom is -0.489 e. The first kappa shape index (κ1) is 25.8. The van der Waals surface area contributed by atoms with Gasteiger partial charge in [-0.3, -0.25) is 14.4 Å². The summed E-state index contributed by atoms with van der Waals surface area (Å²) in [5.74, 6) is -1.20. The number of carbonyl (C=O) groups is 3. The minimum atomic E-state index is -0.991. The van der Waals surface area contributed by atoms with E-state index in [4.69, 9.17) is 21.3 Å². The van der Waals surface area contributed by atoms with E-state index in [0.717, 1.165) is 16.5 Å². The highest BCUT2D eigenvalue weighted by Crippen LogP contribution is 2.28. The molecular weight excluding hydrogens is 448 g/mol. The van der Waals surface area contributed by atoms with E-state index in [2.05, 4.69) is 0 Å². The van der Waals surface area contributed by atoms with Gasteiger partial charge in [-0.2, -0.15) is 0 Å². The summed E-state index contributed by atoms with van der Waals surface area (Å²) >= 11 is 0. The number of carboxylic acid groups (broad SMARTS) is 1. The van der Waals surface area contributed by atoms with E-state index in [-0.39, 0.29) is 25.4 Å². The van der Waals surface area contributed by atoms with Crippen LogP contribution >= 0.6 is 0 Å². The van der Waals surface area contributed by atoms with Crippen LogP contribution in [0.2, 0.25) is 0 Å². The summed E-state index contributed by atoms with van der Waals surface area (Å²) in [4.78, 5) is 37.2. The van der Waals surface area contributed by atoms with Gasteiger partial charge in [-0.15, -0.1) is 0 Å². The van der Waals surface area contributed by atoms with E-state index in [9.17, 15) is 14.4 Å². The Labute approximate surface area is 204 Å². The van der Waals surface area contributed by atoms with E-state index in [1.165, 1.54) is 0 Å². The van der Waals surface area contributed by atoms with Crippen molar-refractivity contribution in [3.05, 3.63) is 59.8 Å². The average molecular weight is 481 g/mol. The van der Waals surface area contributed by atoms with Crippen LogP contribution in [0.5, 0.6) is 5.75 Å². The number of benzene rings is 2. The van der Waals surface area contributed by atoms with E-state index < -0.39 is 23.5 Å². The minimum absolute atomic E-state index is 0.0585. The number of ether oxygens (including phenoxy) is 1. The number of anilines is 1. The lowest BCUT2D eigenvalue weighted by atomic mass is 10.0. The van der Waals surface area contributed by atoms with Gasteiger partial charge in [0.15, 0.2) is 0 Å². The van der Waals surface area contributed by atoms with Gasteiger partial charge in [-0.05, 0) is 69.2 Å².